The van der Waals surface area contributed by atoms with E-state index in [1.807, 2.05) is 29.8 Å². The SMILES string of the molecule is C=CC(=O)NCCc1nc2cc(Cl)ccc2n1C. The van der Waals surface area contributed by atoms with Crippen LogP contribution in [0.15, 0.2) is 30.9 Å². The zero-order valence-corrected chi connectivity index (χ0v) is 10.9. The summed E-state index contributed by atoms with van der Waals surface area (Å²) in [6, 6.07) is 5.62. The zero-order chi connectivity index (χ0) is 13.1. The van der Waals surface area contributed by atoms with E-state index >= 15 is 0 Å². The second-order valence-electron chi connectivity index (χ2n) is 3.97. The average Bonchev–Trinajstić information content (AvgIpc) is 2.65. The third-order valence-corrected chi connectivity index (χ3v) is 3.00. The Kier molecular flexibility index (Phi) is 3.67. The van der Waals surface area contributed by atoms with Gasteiger partial charge in [0.05, 0.1) is 11.0 Å². The standard InChI is InChI=1S/C13H14ClN3O/c1-3-13(18)15-7-6-12-16-10-8-9(14)4-5-11(10)17(12)2/h3-5,8H,1,6-7H2,2H3,(H,15,18). The highest BCUT2D eigenvalue weighted by molar-refractivity contribution is 6.31. The summed E-state index contributed by atoms with van der Waals surface area (Å²) in [6.45, 7) is 3.94. The van der Waals surface area contributed by atoms with Gasteiger partial charge in [-0.25, -0.2) is 4.98 Å². The van der Waals surface area contributed by atoms with Crippen LogP contribution in [0.25, 0.3) is 11.0 Å². The van der Waals surface area contributed by atoms with Gasteiger partial charge in [-0.3, -0.25) is 4.79 Å². The van der Waals surface area contributed by atoms with Gasteiger partial charge in [-0.15, -0.1) is 0 Å². The molecule has 0 fully saturated rings. The topological polar surface area (TPSA) is 46.9 Å². The molecule has 2 rings (SSSR count). The van der Waals surface area contributed by atoms with Crippen LogP contribution in [0, 0.1) is 0 Å². The molecule has 0 radical (unpaired) electrons. The molecule has 0 atom stereocenters. The quantitative estimate of drug-likeness (QED) is 0.859. The molecule has 0 aliphatic heterocycles. The van der Waals surface area contributed by atoms with Gasteiger partial charge in [0.1, 0.15) is 5.82 Å². The van der Waals surface area contributed by atoms with Crippen molar-refractivity contribution in [3.05, 3.63) is 41.7 Å². The highest BCUT2D eigenvalue weighted by atomic mass is 35.5. The van der Waals surface area contributed by atoms with Gasteiger partial charge in [-0.1, -0.05) is 18.2 Å². The molecule has 1 N–H and O–H groups in total. The Hall–Kier alpha value is -1.81. The molecule has 1 aromatic heterocycles. The monoisotopic (exact) mass is 263 g/mol. The van der Waals surface area contributed by atoms with Crippen molar-refractivity contribution in [3.63, 3.8) is 0 Å². The third kappa shape index (κ3) is 2.54. The van der Waals surface area contributed by atoms with Gasteiger partial charge in [-0.2, -0.15) is 0 Å². The zero-order valence-electron chi connectivity index (χ0n) is 10.1. The summed E-state index contributed by atoms with van der Waals surface area (Å²) in [4.78, 5) is 15.5. The fourth-order valence-corrected chi connectivity index (χ4v) is 1.98. The second-order valence-corrected chi connectivity index (χ2v) is 4.40. The summed E-state index contributed by atoms with van der Waals surface area (Å²) in [5.74, 6) is 0.744. The smallest absolute Gasteiger partial charge is 0.243 e. The highest BCUT2D eigenvalue weighted by Crippen LogP contribution is 2.19. The number of rotatable bonds is 4. The molecule has 0 bridgehead atoms. The number of hydrogen-bond donors (Lipinski definition) is 1. The lowest BCUT2D eigenvalue weighted by atomic mass is 10.3. The maximum absolute atomic E-state index is 11.0. The van der Waals surface area contributed by atoms with Crippen LogP contribution < -0.4 is 5.32 Å². The van der Waals surface area contributed by atoms with E-state index in [0.717, 1.165) is 16.9 Å². The number of hydrogen-bond acceptors (Lipinski definition) is 2. The van der Waals surface area contributed by atoms with Crippen molar-refractivity contribution in [2.75, 3.05) is 6.54 Å². The van der Waals surface area contributed by atoms with Gasteiger partial charge in [-0.05, 0) is 24.3 Å². The molecule has 1 amide bonds. The van der Waals surface area contributed by atoms with Crippen molar-refractivity contribution < 1.29 is 4.79 Å². The van der Waals surface area contributed by atoms with E-state index in [1.54, 1.807) is 0 Å². The Morgan fingerprint density at radius 1 is 1.61 bits per heavy atom. The lowest BCUT2D eigenvalue weighted by molar-refractivity contribution is -0.116. The van der Waals surface area contributed by atoms with E-state index in [0.29, 0.717) is 18.0 Å². The second kappa shape index (κ2) is 5.23. The highest BCUT2D eigenvalue weighted by Gasteiger charge is 2.07. The Labute approximate surface area is 110 Å². The van der Waals surface area contributed by atoms with E-state index in [4.69, 9.17) is 11.6 Å². The molecule has 0 spiro atoms. The summed E-state index contributed by atoms with van der Waals surface area (Å²) >= 11 is 5.93. The molecule has 0 aliphatic carbocycles. The molecule has 94 valence electrons. The summed E-state index contributed by atoms with van der Waals surface area (Å²) in [5, 5.41) is 3.40. The largest absolute Gasteiger partial charge is 0.352 e. The molecule has 5 heteroatoms. The molecule has 18 heavy (non-hydrogen) atoms. The van der Waals surface area contributed by atoms with Crippen LogP contribution in [-0.2, 0) is 18.3 Å². The summed E-state index contributed by atoms with van der Waals surface area (Å²) in [7, 11) is 1.95. The Morgan fingerprint density at radius 3 is 3.11 bits per heavy atom. The number of amides is 1. The molecular formula is C13H14ClN3O. The van der Waals surface area contributed by atoms with Crippen LogP contribution in [0.1, 0.15) is 5.82 Å². The van der Waals surface area contributed by atoms with Crippen LogP contribution in [0.2, 0.25) is 5.02 Å². The minimum atomic E-state index is -0.170. The predicted octanol–water partition coefficient (Wildman–Crippen LogP) is 2.07. The molecule has 1 heterocycles. The van der Waals surface area contributed by atoms with Crippen molar-refractivity contribution in [2.45, 2.75) is 6.42 Å². The van der Waals surface area contributed by atoms with Crippen molar-refractivity contribution in [3.8, 4) is 0 Å². The van der Waals surface area contributed by atoms with Crippen molar-refractivity contribution in [1.29, 1.82) is 0 Å². The Balaban J connectivity index is 2.16. The lowest BCUT2D eigenvalue weighted by Gasteiger charge is -2.03. The third-order valence-electron chi connectivity index (χ3n) is 2.77. The molecule has 4 nitrogen and oxygen atoms in total. The minimum Gasteiger partial charge on any atom is -0.352 e. The molecule has 0 saturated carbocycles. The average molecular weight is 264 g/mol. The maximum Gasteiger partial charge on any atom is 0.243 e. The molecule has 0 saturated heterocycles. The first-order valence-corrected chi connectivity index (χ1v) is 6.00. The summed E-state index contributed by atoms with van der Waals surface area (Å²) in [6.07, 6.45) is 1.93. The van der Waals surface area contributed by atoms with Gasteiger partial charge in [0, 0.05) is 25.0 Å². The summed E-state index contributed by atoms with van der Waals surface area (Å²) in [5.41, 5.74) is 1.90. The van der Waals surface area contributed by atoms with Gasteiger partial charge in [0.15, 0.2) is 0 Å². The number of benzene rings is 1. The fraction of sp³-hybridized carbons (Fsp3) is 0.231. The predicted molar refractivity (Wildman–Crippen MR) is 72.6 cm³/mol. The van der Waals surface area contributed by atoms with Crippen molar-refractivity contribution >= 4 is 28.5 Å². The Morgan fingerprint density at radius 2 is 2.39 bits per heavy atom. The van der Waals surface area contributed by atoms with E-state index in [1.165, 1.54) is 6.08 Å². The number of halogens is 1. The van der Waals surface area contributed by atoms with Gasteiger partial charge in [0.25, 0.3) is 0 Å². The van der Waals surface area contributed by atoms with Gasteiger partial charge < -0.3 is 9.88 Å². The van der Waals surface area contributed by atoms with Crippen molar-refractivity contribution in [1.82, 2.24) is 14.9 Å². The number of aryl methyl sites for hydroxylation is 1. The molecule has 2 aromatic rings. The molecular weight excluding hydrogens is 250 g/mol. The van der Waals surface area contributed by atoms with Gasteiger partial charge >= 0.3 is 0 Å². The van der Waals surface area contributed by atoms with Crippen LogP contribution in [0.5, 0.6) is 0 Å². The minimum absolute atomic E-state index is 0.170. The lowest BCUT2D eigenvalue weighted by Crippen LogP contribution is -2.24. The van der Waals surface area contributed by atoms with E-state index in [9.17, 15) is 4.79 Å². The first-order chi connectivity index (χ1) is 8.61. The van der Waals surface area contributed by atoms with Crippen LogP contribution in [0.3, 0.4) is 0 Å². The number of nitrogens with zero attached hydrogens (tertiary/aromatic N) is 2. The fourth-order valence-electron chi connectivity index (χ4n) is 1.82. The maximum atomic E-state index is 11.0. The van der Waals surface area contributed by atoms with E-state index in [-0.39, 0.29) is 5.91 Å². The van der Waals surface area contributed by atoms with Crippen LogP contribution in [0.4, 0.5) is 0 Å². The summed E-state index contributed by atoms with van der Waals surface area (Å²) < 4.78 is 2.01. The van der Waals surface area contributed by atoms with E-state index < -0.39 is 0 Å². The van der Waals surface area contributed by atoms with Crippen LogP contribution in [-0.4, -0.2) is 22.0 Å². The first-order valence-electron chi connectivity index (χ1n) is 5.63. The van der Waals surface area contributed by atoms with E-state index in [2.05, 4.69) is 16.9 Å². The van der Waals surface area contributed by atoms with Gasteiger partial charge in [0.2, 0.25) is 5.91 Å². The number of carbonyl (C=O) groups excluding carboxylic acids is 1. The number of imidazole rings is 1. The normalized spacial score (nSPS) is 10.6. The number of carbonyl (C=O) groups is 1. The first kappa shape index (κ1) is 12.6. The molecule has 0 unspecified atom stereocenters. The van der Waals surface area contributed by atoms with Crippen molar-refractivity contribution in [2.24, 2.45) is 7.05 Å². The number of fused-ring (bicyclic) bond motifs is 1. The number of aromatic nitrogens is 2. The van der Waals surface area contributed by atoms with Crippen LogP contribution >= 0.6 is 11.6 Å². The molecule has 0 aliphatic rings. The molecule has 1 aromatic carbocycles. The number of nitrogens with one attached hydrogen (secondary N) is 1. The Bertz CT molecular complexity index is 604.